The quantitative estimate of drug-likeness (QED) is 0.769. The average molecular weight is 193 g/mol. The molecule has 0 saturated carbocycles. The minimum absolute atomic E-state index is 0.249. The Labute approximate surface area is 78.7 Å². The van der Waals surface area contributed by atoms with E-state index in [1.54, 1.807) is 23.6 Å². The zero-order chi connectivity index (χ0) is 9.26. The van der Waals surface area contributed by atoms with Crippen molar-refractivity contribution in [3.63, 3.8) is 0 Å². The molecule has 0 aliphatic carbocycles. The number of nitrogens with one attached hydrogen (secondary N) is 1. The van der Waals surface area contributed by atoms with Crippen LogP contribution in [0.1, 0.15) is 10.5 Å². The molecule has 2 aromatic heterocycles. The summed E-state index contributed by atoms with van der Waals surface area (Å²) in [6, 6.07) is 3.67. The van der Waals surface area contributed by atoms with Gasteiger partial charge in [-0.2, -0.15) is 11.3 Å². The van der Waals surface area contributed by atoms with Gasteiger partial charge in [-0.25, -0.2) is 4.79 Å². The van der Waals surface area contributed by atoms with E-state index in [9.17, 15) is 4.79 Å². The number of carbonyl (C=O) groups is 1. The number of aromatic nitrogens is 1. The summed E-state index contributed by atoms with van der Waals surface area (Å²) in [4.78, 5) is 13.4. The lowest BCUT2D eigenvalue weighted by atomic mass is 10.1. The molecule has 2 heterocycles. The summed E-state index contributed by atoms with van der Waals surface area (Å²) < 4.78 is 0. The number of hydrogen-bond acceptors (Lipinski definition) is 2. The van der Waals surface area contributed by atoms with Gasteiger partial charge in [-0.3, -0.25) is 0 Å². The van der Waals surface area contributed by atoms with Gasteiger partial charge in [0, 0.05) is 11.8 Å². The third-order valence-electron chi connectivity index (χ3n) is 1.79. The van der Waals surface area contributed by atoms with E-state index < -0.39 is 5.97 Å². The predicted molar refractivity (Wildman–Crippen MR) is 51.1 cm³/mol. The van der Waals surface area contributed by atoms with Crippen molar-refractivity contribution in [3.05, 3.63) is 34.8 Å². The second-order valence-corrected chi connectivity index (χ2v) is 3.36. The molecule has 0 atom stereocenters. The molecule has 13 heavy (non-hydrogen) atoms. The lowest BCUT2D eigenvalue weighted by Gasteiger charge is -1.94. The maximum atomic E-state index is 10.8. The molecule has 2 aromatic rings. The third-order valence-corrected chi connectivity index (χ3v) is 2.48. The van der Waals surface area contributed by atoms with Crippen molar-refractivity contribution < 1.29 is 9.90 Å². The van der Waals surface area contributed by atoms with Crippen LogP contribution < -0.4 is 0 Å². The SMILES string of the molecule is O=C(O)c1[nH]ccc1-c1ccsc1. The summed E-state index contributed by atoms with van der Waals surface area (Å²) >= 11 is 1.55. The van der Waals surface area contributed by atoms with Gasteiger partial charge in [-0.15, -0.1) is 0 Å². The van der Waals surface area contributed by atoms with Crippen LogP contribution in [0.2, 0.25) is 0 Å². The van der Waals surface area contributed by atoms with Gasteiger partial charge in [0.1, 0.15) is 5.69 Å². The second-order valence-electron chi connectivity index (χ2n) is 2.58. The highest BCUT2D eigenvalue weighted by Gasteiger charge is 2.12. The number of aromatic carboxylic acids is 1. The number of carboxylic acids is 1. The first kappa shape index (κ1) is 8.07. The Morgan fingerprint density at radius 2 is 2.31 bits per heavy atom. The lowest BCUT2D eigenvalue weighted by molar-refractivity contribution is 0.0692. The molecule has 4 heteroatoms. The Morgan fingerprint density at radius 3 is 2.92 bits per heavy atom. The first-order chi connectivity index (χ1) is 6.29. The van der Waals surface area contributed by atoms with Crippen LogP contribution in [0.15, 0.2) is 29.1 Å². The van der Waals surface area contributed by atoms with Gasteiger partial charge in [0.15, 0.2) is 0 Å². The molecular weight excluding hydrogens is 186 g/mol. The molecule has 0 aromatic carbocycles. The topological polar surface area (TPSA) is 53.1 Å². The zero-order valence-corrected chi connectivity index (χ0v) is 7.47. The smallest absolute Gasteiger partial charge is 0.352 e. The van der Waals surface area contributed by atoms with Gasteiger partial charge < -0.3 is 10.1 Å². The van der Waals surface area contributed by atoms with E-state index >= 15 is 0 Å². The summed E-state index contributed by atoms with van der Waals surface area (Å²) in [5.74, 6) is -0.925. The molecule has 0 saturated heterocycles. The number of aromatic amines is 1. The maximum absolute atomic E-state index is 10.8. The van der Waals surface area contributed by atoms with E-state index in [0.29, 0.717) is 0 Å². The van der Waals surface area contributed by atoms with Crippen molar-refractivity contribution in [2.45, 2.75) is 0 Å². The second kappa shape index (κ2) is 3.06. The maximum Gasteiger partial charge on any atom is 0.352 e. The molecule has 0 fully saturated rings. The average Bonchev–Trinajstić information content (AvgIpc) is 2.74. The lowest BCUT2D eigenvalue weighted by Crippen LogP contribution is -1.97. The van der Waals surface area contributed by atoms with Crippen LogP contribution in [0.3, 0.4) is 0 Å². The molecular formula is C9H7NO2S. The molecule has 0 amide bonds. The van der Waals surface area contributed by atoms with E-state index in [0.717, 1.165) is 11.1 Å². The minimum atomic E-state index is -0.925. The summed E-state index contributed by atoms with van der Waals surface area (Å²) in [5, 5.41) is 12.7. The standard InChI is InChI=1S/C9H7NO2S/c11-9(12)8-7(1-3-10-8)6-2-4-13-5-6/h1-5,10H,(H,11,12). The zero-order valence-electron chi connectivity index (χ0n) is 6.65. The van der Waals surface area contributed by atoms with Crippen molar-refractivity contribution >= 4 is 17.3 Å². The molecule has 0 aliphatic rings. The Bertz CT molecular complexity index is 417. The summed E-state index contributed by atoms with van der Waals surface area (Å²) in [5.41, 5.74) is 1.94. The highest BCUT2D eigenvalue weighted by Crippen LogP contribution is 2.24. The predicted octanol–water partition coefficient (Wildman–Crippen LogP) is 2.44. The molecule has 0 radical (unpaired) electrons. The molecule has 0 aliphatic heterocycles. The molecule has 0 bridgehead atoms. The molecule has 0 spiro atoms. The Balaban J connectivity index is 2.52. The fourth-order valence-electron chi connectivity index (χ4n) is 1.20. The first-order valence-electron chi connectivity index (χ1n) is 3.72. The largest absolute Gasteiger partial charge is 0.477 e. The highest BCUT2D eigenvalue weighted by molar-refractivity contribution is 7.08. The van der Waals surface area contributed by atoms with Gasteiger partial charge in [0.05, 0.1) is 0 Å². The van der Waals surface area contributed by atoms with E-state index in [2.05, 4.69) is 4.98 Å². The normalized spacial score (nSPS) is 10.2. The highest BCUT2D eigenvalue weighted by atomic mass is 32.1. The monoisotopic (exact) mass is 193 g/mol. The molecule has 2 rings (SSSR count). The van der Waals surface area contributed by atoms with Crippen LogP contribution in [-0.2, 0) is 0 Å². The van der Waals surface area contributed by atoms with E-state index in [4.69, 9.17) is 5.11 Å². The van der Waals surface area contributed by atoms with Crippen molar-refractivity contribution in [1.29, 1.82) is 0 Å². The van der Waals surface area contributed by atoms with Crippen molar-refractivity contribution in [2.75, 3.05) is 0 Å². The molecule has 3 nitrogen and oxygen atoms in total. The van der Waals surface area contributed by atoms with Crippen LogP contribution in [0.25, 0.3) is 11.1 Å². The molecule has 2 N–H and O–H groups in total. The van der Waals surface area contributed by atoms with Crippen molar-refractivity contribution in [3.8, 4) is 11.1 Å². The number of rotatable bonds is 2. The molecule has 66 valence electrons. The van der Waals surface area contributed by atoms with Crippen LogP contribution in [-0.4, -0.2) is 16.1 Å². The Hall–Kier alpha value is -1.55. The van der Waals surface area contributed by atoms with Crippen LogP contribution in [0.4, 0.5) is 0 Å². The number of thiophene rings is 1. The fraction of sp³-hybridized carbons (Fsp3) is 0. The summed E-state index contributed by atoms with van der Waals surface area (Å²) in [7, 11) is 0. The fourth-order valence-corrected chi connectivity index (χ4v) is 1.86. The van der Waals surface area contributed by atoms with Gasteiger partial charge in [0.2, 0.25) is 0 Å². The van der Waals surface area contributed by atoms with Crippen molar-refractivity contribution in [1.82, 2.24) is 4.98 Å². The van der Waals surface area contributed by atoms with Gasteiger partial charge >= 0.3 is 5.97 Å². The Morgan fingerprint density at radius 1 is 1.46 bits per heavy atom. The minimum Gasteiger partial charge on any atom is -0.477 e. The van der Waals surface area contributed by atoms with Gasteiger partial charge in [-0.1, -0.05) is 0 Å². The summed E-state index contributed by atoms with van der Waals surface area (Å²) in [6.45, 7) is 0. The van der Waals surface area contributed by atoms with Crippen LogP contribution >= 0.6 is 11.3 Å². The van der Waals surface area contributed by atoms with Crippen molar-refractivity contribution in [2.24, 2.45) is 0 Å². The number of H-pyrrole nitrogens is 1. The van der Waals surface area contributed by atoms with E-state index in [-0.39, 0.29) is 5.69 Å². The third kappa shape index (κ3) is 1.36. The van der Waals surface area contributed by atoms with Gasteiger partial charge in [-0.05, 0) is 28.5 Å². The van der Waals surface area contributed by atoms with E-state index in [1.165, 1.54) is 0 Å². The summed E-state index contributed by atoms with van der Waals surface area (Å²) in [6.07, 6.45) is 1.64. The molecule has 0 unspecified atom stereocenters. The van der Waals surface area contributed by atoms with Crippen LogP contribution in [0.5, 0.6) is 0 Å². The van der Waals surface area contributed by atoms with Gasteiger partial charge in [0.25, 0.3) is 0 Å². The number of hydrogen-bond donors (Lipinski definition) is 2. The Kier molecular flexibility index (Phi) is 1.90. The van der Waals surface area contributed by atoms with Crippen LogP contribution in [0, 0.1) is 0 Å². The number of carboxylic acid groups (broad SMARTS) is 1. The van der Waals surface area contributed by atoms with E-state index in [1.807, 2.05) is 16.8 Å². The first-order valence-corrected chi connectivity index (χ1v) is 4.66.